The standard InChI is InChI=1S/C18H23FN2O2/c1-13-5-10-17(23-13)11-21(4)18(22)12-20(3)14(2)15-6-8-16(19)9-7-15/h5-10,14H,11-12H2,1-4H3. The molecule has 1 unspecified atom stereocenters. The highest BCUT2D eigenvalue weighted by molar-refractivity contribution is 5.77. The van der Waals surface area contributed by atoms with Crippen LogP contribution >= 0.6 is 0 Å². The Morgan fingerprint density at radius 2 is 1.83 bits per heavy atom. The summed E-state index contributed by atoms with van der Waals surface area (Å²) in [5, 5.41) is 0. The van der Waals surface area contributed by atoms with Crippen molar-refractivity contribution in [3.05, 3.63) is 59.3 Å². The van der Waals surface area contributed by atoms with Crippen molar-refractivity contribution in [2.75, 3.05) is 20.6 Å². The fraction of sp³-hybridized carbons (Fsp3) is 0.389. The highest BCUT2D eigenvalue weighted by atomic mass is 19.1. The lowest BCUT2D eigenvalue weighted by Gasteiger charge is -2.26. The Kier molecular flexibility index (Phi) is 5.55. The average molecular weight is 318 g/mol. The number of rotatable bonds is 6. The molecule has 1 aromatic heterocycles. The molecule has 2 rings (SSSR count). The van der Waals surface area contributed by atoms with Crippen LogP contribution in [-0.4, -0.2) is 36.3 Å². The molecule has 0 radical (unpaired) electrons. The lowest BCUT2D eigenvalue weighted by Crippen LogP contribution is -2.37. The lowest BCUT2D eigenvalue weighted by atomic mass is 10.1. The predicted molar refractivity (Wildman–Crippen MR) is 87.4 cm³/mol. The van der Waals surface area contributed by atoms with E-state index in [0.29, 0.717) is 6.54 Å². The molecule has 1 amide bonds. The van der Waals surface area contributed by atoms with Gasteiger partial charge >= 0.3 is 0 Å². The number of likely N-dealkylation sites (N-methyl/N-ethyl adjacent to an activating group) is 2. The van der Waals surface area contributed by atoms with Gasteiger partial charge < -0.3 is 9.32 Å². The Bertz CT molecular complexity index is 651. The maximum absolute atomic E-state index is 13.0. The molecule has 0 aliphatic carbocycles. The van der Waals surface area contributed by atoms with Crippen LogP contribution in [0.4, 0.5) is 4.39 Å². The van der Waals surface area contributed by atoms with E-state index in [4.69, 9.17) is 4.42 Å². The Morgan fingerprint density at radius 1 is 1.17 bits per heavy atom. The predicted octanol–water partition coefficient (Wildman–Crippen LogP) is 3.38. The van der Waals surface area contributed by atoms with E-state index in [1.165, 1.54) is 12.1 Å². The summed E-state index contributed by atoms with van der Waals surface area (Å²) < 4.78 is 18.5. The number of halogens is 1. The molecule has 0 saturated carbocycles. The summed E-state index contributed by atoms with van der Waals surface area (Å²) >= 11 is 0. The molecule has 1 atom stereocenters. The Labute approximate surface area is 136 Å². The topological polar surface area (TPSA) is 36.7 Å². The minimum Gasteiger partial charge on any atom is -0.464 e. The van der Waals surface area contributed by atoms with Gasteiger partial charge in [0.1, 0.15) is 17.3 Å². The molecule has 5 heteroatoms. The highest BCUT2D eigenvalue weighted by Crippen LogP contribution is 2.19. The van der Waals surface area contributed by atoms with E-state index in [1.807, 2.05) is 37.9 Å². The van der Waals surface area contributed by atoms with E-state index in [-0.39, 0.29) is 24.3 Å². The molecule has 0 aliphatic heterocycles. The summed E-state index contributed by atoms with van der Waals surface area (Å²) in [4.78, 5) is 15.9. The first-order chi connectivity index (χ1) is 10.9. The summed E-state index contributed by atoms with van der Waals surface area (Å²) in [6.45, 7) is 4.61. The smallest absolute Gasteiger partial charge is 0.236 e. The number of benzene rings is 1. The van der Waals surface area contributed by atoms with E-state index < -0.39 is 0 Å². The van der Waals surface area contributed by atoms with E-state index in [1.54, 1.807) is 24.1 Å². The normalized spacial score (nSPS) is 12.4. The second-order valence-electron chi connectivity index (χ2n) is 5.90. The maximum atomic E-state index is 13.0. The van der Waals surface area contributed by atoms with Gasteiger partial charge in [0.25, 0.3) is 0 Å². The quantitative estimate of drug-likeness (QED) is 0.819. The fourth-order valence-electron chi connectivity index (χ4n) is 2.36. The number of amides is 1. The first kappa shape index (κ1) is 17.2. The largest absolute Gasteiger partial charge is 0.464 e. The van der Waals surface area contributed by atoms with Crippen LogP contribution in [0.2, 0.25) is 0 Å². The second-order valence-corrected chi connectivity index (χ2v) is 5.90. The van der Waals surface area contributed by atoms with Crippen LogP contribution in [0.3, 0.4) is 0 Å². The lowest BCUT2D eigenvalue weighted by molar-refractivity contribution is -0.132. The SMILES string of the molecule is Cc1ccc(CN(C)C(=O)CN(C)C(C)c2ccc(F)cc2)o1. The first-order valence-corrected chi connectivity index (χ1v) is 7.62. The van der Waals surface area contributed by atoms with Crippen LogP contribution in [0, 0.1) is 12.7 Å². The van der Waals surface area contributed by atoms with Crippen LogP contribution in [0.15, 0.2) is 40.8 Å². The Balaban J connectivity index is 1.91. The zero-order valence-corrected chi connectivity index (χ0v) is 14.0. The molecule has 0 N–H and O–H groups in total. The molecule has 1 heterocycles. The van der Waals surface area contributed by atoms with Crippen molar-refractivity contribution in [1.82, 2.24) is 9.80 Å². The van der Waals surface area contributed by atoms with Crippen molar-refractivity contribution >= 4 is 5.91 Å². The Morgan fingerprint density at radius 3 is 2.39 bits per heavy atom. The molecule has 23 heavy (non-hydrogen) atoms. The summed E-state index contributed by atoms with van der Waals surface area (Å²) in [5.41, 5.74) is 0.978. The zero-order valence-electron chi connectivity index (χ0n) is 14.0. The fourth-order valence-corrected chi connectivity index (χ4v) is 2.36. The molecule has 2 aromatic rings. The van der Waals surface area contributed by atoms with Gasteiger partial charge in [0.2, 0.25) is 5.91 Å². The monoisotopic (exact) mass is 318 g/mol. The molecule has 0 spiro atoms. The first-order valence-electron chi connectivity index (χ1n) is 7.62. The van der Waals surface area contributed by atoms with Crippen LogP contribution in [0.25, 0.3) is 0 Å². The minimum absolute atomic E-state index is 0.00974. The molecule has 0 fully saturated rings. The highest BCUT2D eigenvalue weighted by Gasteiger charge is 2.18. The molecule has 124 valence electrons. The van der Waals surface area contributed by atoms with E-state index in [0.717, 1.165) is 17.1 Å². The maximum Gasteiger partial charge on any atom is 0.236 e. The van der Waals surface area contributed by atoms with Crippen molar-refractivity contribution < 1.29 is 13.6 Å². The summed E-state index contributed by atoms with van der Waals surface area (Å²) in [6, 6.07) is 10.2. The van der Waals surface area contributed by atoms with Crippen molar-refractivity contribution in [2.45, 2.75) is 26.4 Å². The summed E-state index contributed by atoms with van der Waals surface area (Å²) in [6.07, 6.45) is 0. The molecule has 0 saturated heterocycles. The Hall–Kier alpha value is -2.14. The molecular formula is C18H23FN2O2. The molecule has 1 aromatic carbocycles. The van der Waals surface area contributed by atoms with Gasteiger partial charge in [0, 0.05) is 13.1 Å². The number of hydrogen-bond acceptors (Lipinski definition) is 3. The summed E-state index contributed by atoms with van der Waals surface area (Å²) in [5.74, 6) is 1.36. The van der Waals surface area contributed by atoms with Crippen molar-refractivity contribution in [1.29, 1.82) is 0 Å². The number of hydrogen-bond donors (Lipinski definition) is 0. The van der Waals surface area contributed by atoms with Gasteiger partial charge in [-0.25, -0.2) is 4.39 Å². The van der Waals surface area contributed by atoms with Crippen LogP contribution in [0.1, 0.15) is 30.0 Å². The van der Waals surface area contributed by atoms with Crippen molar-refractivity contribution in [3.8, 4) is 0 Å². The zero-order chi connectivity index (χ0) is 17.0. The molecule has 0 aliphatic rings. The minimum atomic E-state index is -0.256. The molecule has 0 bridgehead atoms. The van der Waals surface area contributed by atoms with E-state index >= 15 is 0 Å². The average Bonchev–Trinajstić information content (AvgIpc) is 2.92. The van der Waals surface area contributed by atoms with Crippen LogP contribution < -0.4 is 0 Å². The van der Waals surface area contributed by atoms with Gasteiger partial charge in [0.05, 0.1) is 13.1 Å². The van der Waals surface area contributed by atoms with E-state index in [2.05, 4.69) is 0 Å². The number of carbonyl (C=O) groups is 1. The van der Waals surface area contributed by atoms with E-state index in [9.17, 15) is 9.18 Å². The third-order valence-corrected chi connectivity index (χ3v) is 4.01. The number of aryl methyl sites for hydroxylation is 1. The van der Waals surface area contributed by atoms with Gasteiger partial charge in [-0.15, -0.1) is 0 Å². The third kappa shape index (κ3) is 4.66. The van der Waals surface area contributed by atoms with Gasteiger partial charge in [-0.2, -0.15) is 0 Å². The van der Waals surface area contributed by atoms with Gasteiger partial charge in [0.15, 0.2) is 0 Å². The number of nitrogens with zero attached hydrogens (tertiary/aromatic N) is 2. The second kappa shape index (κ2) is 7.42. The number of carbonyl (C=O) groups excluding carboxylic acids is 1. The molecular weight excluding hydrogens is 295 g/mol. The summed E-state index contributed by atoms with van der Waals surface area (Å²) in [7, 11) is 3.65. The van der Waals surface area contributed by atoms with Gasteiger partial charge in [-0.05, 0) is 50.7 Å². The van der Waals surface area contributed by atoms with Gasteiger partial charge in [-0.1, -0.05) is 12.1 Å². The van der Waals surface area contributed by atoms with Crippen molar-refractivity contribution in [2.24, 2.45) is 0 Å². The van der Waals surface area contributed by atoms with Crippen LogP contribution in [-0.2, 0) is 11.3 Å². The third-order valence-electron chi connectivity index (χ3n) is 4.01. The van der Waals surface area contributed by atoms with Crippen molar-refractivity contribution in [3.63, 3.8) is 0 Å². The molecule has 4 nitrogen and oxygen atoms in total. The van der Waals surface area contributed by atoms with Crippen LogP contribution in [0.5, 0.6) is 0 Å². The van der Waals surface area contributed by atoms with Gasteiger partial charge in [-0.3, -0.25) is 9.69 Å². The number of furan rings is 1.